The van der Waals surface area contributed by atoms with Crippen LogP contribution >= 0.6 is 11.6 Å². The number of β-amino-alcohol motifs (C(OH)–C–C–N with tert-alkyl or cyclic N) is 1. The Balaban J connectivity index is 1.19. The van der Waals surface area contributed by atoms with Gasteiger partial charge in [-0.05, 0) is 76.5 Å². The van der Waals surface area contributed by atoms with Gasteiger partial charge in [-0.3, -0.25) is 19.5 Å². The van der Waals surface area contributed by atoms with Crippen LogP contribution in [0.1, 0.15) is 62.2 Å². The number of benzene rings is 1. The van der Waals surface area contributed by atoms with E-state index in [-0.39, 0.29) is 16.9 Å². The molecule has 0 bridgehead atoms. The first-order chi connectivity index (χ1) is 20.1. The molecule has 5 fully saturated rings. The summed E-state index contributed by atoms with van der Waals surface area (Å²) in [6.07, 6.45) is 10.7. The van der Waals surface area contributed by atoms with Gasteiger partial charge in [0.2, 0.25) is 5.91 Å². The van der Waals surface area contributed by atoms with Crippen LogP contribution in [0.5, 0.6) is 0 Å². The molecule has 3 aromatic rings. The van der Waals surface area contributed by atoms with Crippen LogP contribution in [0.3, 0.4) is 0 Å². The normalized spacial score (nSPS) is 24.1. The fourth-order valence-corrected chi connectivity index (χ4v) is 8.71. The standard InChI is InChI=1S/C32H40ClN7O2/c1-4-25(41)38-16-30(17-38)13-22(14-30)40-21(3)26(27-23-15-34-35-24(23)12-20(2)28(27)33)29(36-40)39-11-10-37(19-32(42)8-9-32)18-31(39)6-5-7-31/h4,12,15,22,42H,1,5-11,13-14,16-19H2,2-3H3,(H,34,35). The van der Waals surface area contributed by atoms with Crippen LogP contribution in [0.15, 0.2) is 24.9 Å². The molecular formula is C32H40ClN7O2. The van der Waals surface area contributed by atoms with E-state index in [0.29, 0.717) is 6.04 Å². The quantitative estimate of drug-likeness (QED) is 0.408. The molecule has 3 aliphatic carbocycles. The lowest BCUT2D eigenvalue weighted by Crippen LogP contribution is -2.66. The largest absolute Gasteiger partial charge is 0.389 e. The molecule has 2 spiro atoms. The third kappa shape index (κ3) is 3.92. The smallest absolute Gasteiger partial charge is 0.245 e. The second-order valence-corrected chi connectivity index (χ2v) is 14.4. The van der Waals surface area contributed by atoms with Crippen molar-refractivity contribution in [3.05, 3.63) is 41.2 Å². The third-order valence-corrected chi connectivity index (χ3v) is 11.6. The highest BCUT2D eigenvalue weighted by Gasteiger charge is 2.55. The number of anilines is 1. The highest BCUT2D eigenvalue weighted by Crippen LogP contribution is 2.56. The zero-order valence-corrected chi connectivity index (χ0v) is 25.4. The Morgan fingerprint density at radius 1 is 1.17 bits per heavy atom. The number of aliphatic hydroxyl groups is 1. The summed E-state index contributed by atoms with van der Waals surface area (Å²) in [6.45, 7) is 13.1. The molecule has 0 radical (unpaired) electrons. The Labute approximate surface area is 251 Å². The van der Waals surface area contributed by atoms with Crippen LogP contribution in [0.25, 0.3) is 22.0 Å². The highest BCUT2D eigenvalue weighted by atomic mass is 35.5. The van der Waals surface area contributed by atoms with Gasteiger partial charge >= 0.3 is 0 Å². The summed E-state index contributed by atoms with van der Waals surface area (Å²) in [4.78, 5) is 19.1. The van der Waals surface area contributed by atoms with E-state index < -0.39 is 5.60 Å². The minimum Gasteiger partial charge on any atom is -0.389 e. The molecule has 2 N–H and O–H groups in total. The summed E-state index contributed by atoms with van der Waals surface area (Å²) >= 11 is 7.16. The van der Waals surface area contributed by atoms with Crippen LogP contribution < -0.4 is 4.90 Å². The van der Waals surface area contributed by atoms with Crippen molar-refractivity contribution >= 4 is 34.2 Å². The van der Waals surface area contributed by atoms with Crippen LogP contribution in [-0.4, -0.2) is 91.2 Å². The summed E-state index contributed by atoms with van der Waals surface area (Å²) < 4.78 is 2.27. The monoisotopic (exact) mass is 589 g/mol. The van der Waals surface area contributed by atoms with Crippen molar-refractivity contribution in [2.75, 3.05) is 44.2 Å². The fraction of sp³-hybridized carbons (Fsp3) is 0.594. The Hall–Kier alpha value is -2.88. The molecule has 1 aromatic carbocycles. The van der Waals surface area contributed by atoms with Gasteiger partial charge in [-0.15, -0.1) is 0 Å². The van der Waals surface area contributed by atoms with E-state index in [4.69, 9.17) is 16.7 Å². The van der Waals surface area contributed by atoms with E-state index in [2.05, 4.69) is 51.2 Å². The molecule has 2 aromatic heterocycles. The van der Waals surface area contributed by atoms with Gasteiger partial charge in [0, 0.05) is 66.9 Å². The topological polar surface area (TPSA) is 93.5 Å². The van der Waals surface area contributed by atoms with Gasteiger partial charge in [-0.2, -0.15) is 10.2 Å². The maximum absolute atomic E-state index is 12.1. The average molecular weight is 590 g/mol. The third-order valence-electron chi connectivity index (χ3n) is 11.1. The molecule has 9 nitrogen and oxygen atoms in total. The number of H-pyrrole nitrogens is 1. The number of hydrogen-bond acceptors (Lipinski definition) is 6. The average Bonchev–Trinajstić information content (AvgIpc) is 3.29. The summed E-state index contributed by atoms with van der Waals surface area (Å²) in [6, 6.07) is 2.37. The van der Waals surface area contributed by atoms with Crippen molar-refractivity contribution < 1.29 is 9.90 Å². The van der Waals surface area contributed by atoms with Crippen molar-refractivity contribution in [3.8, 4) is 11.1 Å². The number of fused-ring (bicyclic) bond motifs is 1. The van der Waals surface area contributed by atoms with E-state index in [9.17, 15) is 9.90 Å². The van der Waals surface area contributed by atoms with Gasteiger partial charge in [0.25, 0.3) is 0 Å². The Bertz CT molecular complexity index is 1600. The molecule has 5 aliphatic rings. The number of halogens is 1. The molecule has 10 heteroatoms. The number of aryl methyl sites for hydroxylation is 1. The van der Waals surface area contributed by atoms with Gasteiger partial charge in [-0.1, -0.05) is 18.2 Å². The molecule has 2 saturated heterocycles. The number of amides is 1. The summed E-state index contributed by atoms with van der Waals surface area (Å²) in [7, 11) is 0. The number of piperazine rings is 1. The lowest BCUT2D eigenvalue weighted by molar-refractivity contribution is -0.149. The highest BCUT2D eigenvalue weighted by molar-refractivity contribution is 6.36. The molecule has 1 amide bonds. The second kappa shape index (κ2) is 9.07. The van der Waals surface area contributed by atoms with Crippen LogP contribution in [0, 0.1) is 19.3 Å². The van der Waals surface area contributed by atoms with Crippen molar-refractivity contribution in [2.45, 2.75) is 76.0 Å². The van der Waals surface area contributed by atoms with Gasteiger partial charge in [0.05, 0.1) is 33.9 Å². The number of rotatable bonds is 6. The SMILES string of the molecule is C=CC(=O)N1CC2(CC(n3nc(N4CCN(CC5(O)CC5)CC45CCC5)c(-c4c(Cl)c(C)cc5[nH]ncc45)c3C)C2)C1. The summed E-state index contributed by atoms with van der Waals surface area (Å²) in [5.41, 5.74) is 5.02. The van der Waals surface area contributed by atoms with Crippen molar-refractivity contribution in [3.63, 3.8) is 0 Å². The van der Waals surface area contributed by atoms with E-state index >= 15 is 0 Å². The zero-order valence-electron chi connectivity index (χ0n) is 24.6. The molecule has 0 unspecified atom stereocenters. The van der Waals surface area contributed by atoms with Gasteiger partial charge in [0.15, 0.2) is 5.82 Å². The van der Waals surface area contributed by atoms with Crippen molar-refractivity contribution in [1.82, 2.24) is 29.8 Å². The van der Waals surface area contributed by atoms with Crippen LogP contribution in [0.4, 0.5) is 5.82 Å². The number of aromatic amines is 1. The molecule has 8 rings (SSSR count). The number of aromatic nitrogens is 4. The lowest BCUT2D eigenvalue weighted by atomic mass is 9.60. The molecular weight excluding hydrogens is 550 g/mol. The first-order valence-corrected chi connectivity index (χ1v) is 15.9. The molecule has 0 atom stereocenters. The number of likely N-dealkylation sites (tertiary alicyclic amines) is 1. The minimum atomic E-state index is -0.480. The van der Waals surface area contributed by atoms with Gasteiger partial charge in [0.1, 0.15) is 0 Å². The predicted molar refractivity (Wildman–Crippen MR) is 164 cm³/mol. The van der Waals surface area contributed by atoms with E-state index in [0.717, 1.165) is 122 Å². The number of nitrogens with zero attached hydrogens (tertiary/aromatic N) is 6. The Morgan fingerprint density at radius 3 is 2.60 bits per heavy atom. The van der Waals surface area contributed by atoms with E-state index in [1.807, 2.05) is 11.1 Å². The molecule has 3 saturated carbocycles. The molecule has 4 heterocycles. The predicted octanol–water partition coefficient (Wildman–Crippen LogP) is 4.62. The van der Waals surface area contributed by atoms with Crippen LogP contribution in [-0.2, 0) is 4.79 Å². The molecule has 222 valence electrons. The summed E-state index contributed by atoms with van der Waals surface area (Å²) in [5, 5.41) is 25.5. The first kappa shape index (κ1) is 26.7. The molecule has 42 heavy (non-hydrogen) atoms. The van der Waals surface area contributed by atoms with Crippen molar-refractivity contribution in [2.24, 2.45) is 5.41 Å². The summed E-state index contributed by atoms with van der Waals surface area (Å²) in [5.74, 6) is 1.06. The second-order valence-electron chi connectivity index (χ2n) is 14.1. The number of carbonyl (C=O) groups excluding carboxylic acids is 1. The fourth-order valence-electron chi connectivity index (χ4n) is 8.46. The first-order valence-electron chi connectivity index (χ1n) is 15.5. The number of hydrogen-bond donors (Lipinski definition) is 2. The number of nitrogens with one attached hydrogen (secondary N) is 1. The minimum absolute atomic E-state index is 0.0239. The van der Waals surface area contributed by atoms with Gasteiger partial charge < -0.3 is 14.9 Å². The number of carbonyl (C=O) groups is 1. The van der Waals surface area contributed by atoms with Crippen LogP contribution in [0.2, 0.25) is 5.02 Å². The van der Waals surface area contributed by atoms with E-state index in [1.54, 1.807) is 0 Å². The zero-order chi connectivity index (χ0) is 29.0. The van der Waals surface area contributed by atoms with E-state index in [1.165, 1.54) is 12.5 Å². The van der Waals surface area contributed by atoms with Crippen molar-refractivity contribution in [1.29, 1.82) is 0 Å². The lowest BCUT2D eigenvalue weighted by Gasteiger charge is -2.59. The Kier molecular flexibility index (Phi) is 5.77. The molecule has 2 aliphatic heterocycles. The maximum Gasteiger partial charge on any atom is 0.245 e. The van der Waals surface area contributed by atoms with Gasteiger partial charge in [-0.25, -0.2) is 0 Å². The Morgan fingerprint density at radius 2 is 1.93 bits per heavy atom. The maximum atomic E-state index is 12.1.